The van der Waals surface area contributed by atoms with Crippen LogP contribution < -0.4 is 14.4 Å². The highest BCUT2D eigenvalue weighted by atomic mass is 35.5. The second kappa shape index (κ2) is 9.76. The lowest BCUT2D eigenvalue weighted by molar-refractivity contribution is -0.119. The lowest BCUT2D eigenvalue weighted by Gasteiger charge is -2.22. The highest BCUT2D eigenvalue weighted by molar-refractivity contribution is 6.42. The summed E-state index contributed by atoms with van der Waals surface area (Å²) in [5.74, 6) is 0.814. The number of benzene rings is 3. The number of fused-ring (bicyclic) bond motifs is 1. The molecule has 34 heavy (non-hydrogen) atoms. The Bertz CT molecular complexity index is 1350. The maximum absolute atomic E-state index is 13.6. The Morgan fingerprint density at radius 2 is 1.76 bits per heavy atom. The van der Waals surface area contributed by atoms with Gasteiger partial charge in [-0.15, -0.1) is 0 Å². The summed E-state index contributed by atoms with van der Waals surface area (Å²) in [5.41, 5.74) is 3.94. The standard InChI is InChI=1S/C26H21Cl2N3O3/c1-31-22-13-24(34-3)23(33-2)12-18(22)25(17-6-4-5-16(9-17)14-29)30-21(26(31)32)11-15-7-8-19(27)20(28)10-15/h4-10,12-13,21H,11H2,1-3H3. The van der Waals surface area contributed by atoms with Crippen molar-refractivity contribution in [2.45, 2.75) is 12.5 Å². The van der Waals surface area contributed by atoms with Gasteiger partial charge in [-0.2, -0.15) is 5.26 Å². The average Bonchev–Trinajstić information content (AvgIpc) is 2.95. The van der Waals surface area contributed by atoms with Gasteiger partial charge >= 0.3 is 0 Å². The summed E-state index contributed by atoms with van der Waals surface area (Å²) in [6.07, 6.45) is 0.323. The molecule has 0 N–H and O–H groups in total. The van der Waals surface area contributed by atoms with Gasteiger partial charge in [0.05, 0.1) is 47.3 Å². The summed E-state index contributed by atoms with van der Waals surface area (Å²) in [6.45, 7) is 0. The van der Waals surface area contributed by atoms with E-state index in [1.54, 1.807) is 68.6 Å². The molecule has 0 fully saturated rings. The van der Waals surface area contributed by atoms with Gasteiger partial charge in [0.1, 0.15) is 6.04 Å². The number of hydrogen-bond donors (Lipinski definition) is 0. The molecule has 1 amide bonds. The minimum absolute atomic E-state index is 0.189. The fourth-order valence-electron chi connectivity index (χ4n) is 3.95. The smallest absolute Gasteiger partial charge is 0.251 e. The van der Waals surface area contributed by atoms with Crippen molar-refractivity contribution in [2.24, 2.45) is 4.99 Å². The summed E-state index contributed by atoms with van der Waals surface area (Å²) in [6, 6.07) is 17.4. The van der Waals surface area contributed by atoms with Crippen molar-refractivity contribution in [3.8, 4) is 17.6 Å². The van der Waals surface area contributed by atoms with Gasteiger partial charge in [-0.3, -0.25) is 9.79 Å². The van der Waals surface area contributed by atoms with E-state index in [0.717, 1.165) is 11.1 Å². The third-order valence-corrected chi connectivity index (χ3v) is 6.44. The zero-order valence-electron chi connectivity index (χ0n) is 18.8. The third-order valence-electron chi connectivity index (χ3n) is 5.70. The molecule has 0 saturated heterocycles. The Morgan fingerprint density at radius 3 is 2.44 bits per heavy atom. The van der Waals surface area contributed by atoms with Crippen LogP contribution in [-0.4, -0.2) is 38.9 Å². The van der Waals surface area contributed by atoms with Crippen LogP contribution >= 0.6 is 23.2 Å². The van der Waals surface area contributed by atoms with Gasteiger partial charge in [0.2, 0.25) is 0 Å². The van der Waals surface area contributed by atoms with E-state index in [1.807, 2.05) is 12.1 Å². The van der Waals surface area contributed by atoms with Crippen LogP contribution in [0, 0.1) is 11.3 Å². The van der Waals surface area contributed by atoms with E-state index in [1.165, 1.54) is 0 Å². The Balaban J connectivity index is 1.92. The van der Waals surface area contributed by atoms with Crippen molar-refractivity contribution in [1.82, 2.24) is 0 Å². The largest absolute Gasteiger partial charge is 0.493 e. The summed E-state index contributed by atoms with van der Waals surface area (Å²) in [7, 11) is 4.80. The molecule has 1 aliphatic rings. The molecule has 0 aliphatic carbocycles. The number of nitrogens with zero attached hydrogens (tertiary/aromatic N) is 3. The van der Waals surface area contributed by atoms with Crippen LogP contribution in [0.15, 0.2) is 59.6 Å². The highest BCUT2D eigenvalue weighted by Crippen LogP contribution is 2.38. The van der Waals surface area contributed by atoms with Crippen LogP contribution in [0.2, 0.25) is 10.0 Å². The van der Waals surface area contributed by atoms with Crippen molar-refractivity contribution in [3.05, 3.63) is 86.9 Å². The topological polar surface area (TPSA) is 74.9 Å². The Morgan fingerprint density at radius 1 is 1.03 bits per heavy atom. The molecule has 172 valence electrons. The predicted molar refractivity (Wildman–Crippen MR) is 134 cm³/mol. The number of nitriles is 1. The number of carbonyl (C=O) groups is 1. The van der Waals surface area contributed by atoms with Crippen molar-refractivity contribution in [2.75, 3.05) is 26.2 Å². The maximum atomic E-state index is 13.6. The number of anilines is 1. The molecule has 0 saturated carbocycles. The lowest BCUT2D eigenvalue weighted by atomic mass is 9.98. The first-order chi connectivity index (χ1) is 16.4. The Hall–Kier alpha value is -3.53. The molecule has 0 aromatic heterocycles. The number of methoxy groups -OCH3 is 2. The number of amides is 1. The molecule has 0 radical (unpaired) electrons. The van der Waals surface area contributed by atoms with Crippen molar-refractivity contribution >= 4 is 40.5 Å². The first kappa shape index (κ1) is 23.6. The molecular formula is C26H21Cl2N3O3. The maximum Gasteiger partial charge on any atom is 0.251 e. The zero-order chi connectivity index (χ0) is 24.4. The van der Waals surface area contributed by atoms with E-state index in [0.29, 0.717) is 50.5 Å². The number of carbonyl (C=O) groups excluding carboxylic acids is 1. The molecule has 0 spiro atoms. The lowest BCUT2D eigenvalue weighted by Crippen LogP contribution is -2.36. The van der Waals surface area contributed by atoms with Crippen LogP contribution in [0.5, 0.6) is 11.5 Å². The Kier molecular flexibility index (Phi) is 6.78. The predicted octanol–water partition coefficient (Wildman–Crippen LogP) is 5.31. The fourth-order valence-corrected chi connectivity index (χ4v) is 4.27. The summed E-state index contributed by atoms with van der Waals surface area (Å²) in [4.78, 5) is 20.0. The first-order valence-corrected chi connectivity index (χ1v) is 11.2. The number of aliphatic imine (C=N–C) groups is 1. The van der Waals surface area contributed by atoms with Gasteiger partial charge < -0.3 is 14.4 Å². The average molecular weight is 494 g/mol. The van der Waals surface area contributed by atoms with E-state index in [9.17, 15) is 10.1 Å². The van der Waals surface area contributed by atoms with Gasteiger partial charge in [-0.1, -0.05) is 41.4 Å². The number of halogens is 2. The molecule has 1 atom stereocenters. The number of rotatable bonds is 5. The minimum atomic E-state index is -0.729. The molecule has 1 unspecified atom stereocenters. The Labute approximate surface area is 208 Å². The van der Waals surface area contributed by atoms with Gasteiger partial charge in [0, 0.05) is 30.7 Å². The number of hydrogen-bond acceptors (Lipinski definition) is 5. The van der Waals surface area contributed by atoms with Gasteiger partial charge in [-0.25, -0.2) is 0 Å². The van der Waals surface area contributed by atoms with Gasteiger partial charge in [-0.05, 0) is 35.9 Å². The quantitative estimate of drug-likeness (QED) is 0.482. The van der Waals surface area contributed by atoms with E-state index in [4.69, 9.17) is 37.7 Å². The molecule has 3 aromatic carbocycles. The van der Waals surface area contributed by atoms with Crippen molar-refractivity contribution in [1.29, 1.82) is 5.26 Å². The van der Waals surface area contributed by atoms with Crippen molar-refractivity contribution in [3.63, 3.8) is 0 Å². The summed E-state index contributed by atoms with van der Waals surface area (Å²) in [5, 5.41) is 10.3. The van der Waals surface area contributed by atoms with Gasteiger partial charge in [0.25, 0.3) is 5.91 Å². The van der Waals surface area contributed by atoms with Crippen molar-refractivity contribution < 1.29 is 14.3 Å². The van der Waals surface area contributed by atoms with E-state index in [-0.39, 0.29) is 5.91 Å². The van der Waals surface area contributed by atoms with E-state index in [2.05, 4.69) is 6.07 Å². The second-order valence-corrected chi connectivity index (χ2v) is 8.57. The highest BCUT2D eigenvalue weighted by Gasteiger charge is 2.31. The van der Waals surface area contributed by atoms with Crippen LogP contribution in [0.4, 0.5) is 5.69 Å². The first-order valence-electron chi connectivity index (χ1n) is 10.4. The van der Waals surface area contributed by atoms with Crippen LogP contribution in [0.25, 0.3) is 0 Å². The minimum Gasteiger partial charge on any atom is -0.493 e. The van der Waals surface area contributed by atoms with Crippen LogP contribution in [0.1, 0.15) is 22.3 Å². The summed E-state index contributed by atoms with van der Waals surface area (Å²) >= 11 is 12.3. The molecule has 1 heterocycles. The van der Waals surface area contributed by atoms with Crippen LogP contribution in [0.3, 0.4) is 0 Å². The molecule has 1 aliphatic heterocycles. The third kappa shape index (κ3) is 4.45. The summed E-state index contributed by atoms with van der Waals surface area (Å²) < 4.78 is 11.0. The van der Waals surface area contributed by atoms with E-state index < -0.39 is 6.04 Å². The van der Waals surface area contributed by atoms with Crippen LogP contribution in [-0.2, 0) is 11.2 Å². The SMILES string of the molecule is COc1cc2c(cc1OC)N(C)C(=O)C(Cc1ccc(Cl)c(Cl)c1)N=C2c1cccc(C#N)c1. The zero-order valence-corrected chi connectivity index (χ0v) is 20.3. The second-order valence-electron chi connectivity index (χ2n) is 7.76. The fraction of sp³-hybridized carbons (Fsp3) is 0.192. The molecular weight excluding hydrogens is 473 g/mol. The number of likely N-dealkylation sites (N-methyl/N-ethyl adjacent to an activating group) is 1. The number of ether oxygens (including phenoxy) is 2. The monoisotopic (exact) mass is 493 g/mol. The van der Waals surface area contributed by atoms with E-state index >= 15 is 0 Å². The molecule has 8 heteroatoms. The molecule has 3 aromatic rings. The molecule has 0 bridgehead atoms. The molecule has 6 nitrogen and oxygen atoms in total. The molecule has 4 rings (SSSR count). The van der Waals surface area contributed by atoms with Gasteiger partial charge in [0.15, 0.2) is 11.5 Å². The number of benzodiazepines with no additional fused rings is 1. The normalized spacial score (nSPS) is 15.2.